The molecule has 3 heteroatoms. The van der Waals surface area contributed by atoms with Crippen molar-refractivity contribution in [2.75, 3.05) is 4.90 Å². The van der Waals surface area contributed by atoms with Gasteiger partial charge in [0.2, 0.25) is 0 Å². The summed E-state index contributed by atoms with van der Waals surface area (Å²) in [6, 6.07) is 106. The SMILES string of the molecule is c1ccc(-c2ccc(-c3ccccc3N(c3ccc(-c4ccc(-n5c6ccccc6c6ccccc65)cc4)cc3)c3ccc4c(c3)C3(c5ccccc5-4)c4ccccc4-n4c5ccccc5c5cccc3c54)cc2)cc1. The second kappa shape index (κ2) is 16.5. The molecule has 0 amide bonds. The van der Waals surface area contributed by atoms with Crippen LogP contribution in [0.1, 0.15) is 22.3 Å². The first kappa shape index (κ1) is 42.5. The van der Waals surface area contributed by atoms with Gasteiger partial charge in [-0.15, -0.1) is 0 Å². The lowest BCUT2D eigenvalue weighted by molar-refractivity contribution is 0.748. The second-order valence-electron chi connectivity index (χ2n) is 20.4. The molecule has 0 N–H and O–H groups in total. The fraction of sp³-hybridized carbons (Fsp3) is 0.0137. The summed E-state index contributed by atoms with van der Waals surface area (Å²) in [4.78, 5) is 2.48. The van der Waals surface area contributed by atoms with Crippen molar-refractivity contribution < 1.29 is 0 Å². The molecule has 1 spiro atoms. The Morgan fingerprint density at radius 1 is 0.276 bits per heavy atom. The zero-order chi connectivity index (χ0) is 49.9. The summed E-state index contributed by atoms with van der Waals surface area (Å²) in [6.07, 6.45) is 0. The third-order valence-corrected chi connectivity index (χ3v) is 16.5. The summed E-state index contributed by atoms with van der Waals surface area (Å²) in [6.45, 7) is 0. The summed E-state index contributed by atoms with van der Waals surface area (Å²) in [5.41, 5.74) is 24.8. The van der Waals surface area contributed by atoms with E-state index in [-0.39, 0.29) is 0 Å². The summed E-state index contributed by atoms with van der Waals surface area (Å²) >= 11 is 0. The molecule has 1 atom stereocenters. The average molecular weight is 966 g/mol. The number of hydrogen-bond donors (Lipinski definition) is 0. The molecule has 1 aliphatic heterocycles. The Labute approximate surface area is 441 Å². The Hall–Kier alpha value is -9.96. The predicted molar refractivity (Wildman–Crippen MR) is 317 cm³/mol. The molecule has 12 aromatic carbocycles. The molecule has 14 aromatic rings. The Balaban J connectivity index is 0.880. The van der Waals surface area contributed by atoms with Crippen LogP contribution in [0, 0.1) is 0 Å². The maximum Gasteiger partial charge on any atom is 0.0755 e. The predicted octanol–water partition coefficient (Wildman–Crippen LogP) is 19.0. The number of para-hydroxylation sites is 6. The van der Waals surface area contributed by atoms with Gasteiger partial charge in [0.1, 0.15) is 0 Å². The van der Waals surface area contributed by atoms with Gasteiger partial charge < -0.3 is 14.0 Å². The van der Waals surface area contributed by atoms with E-state index in [1.165, 1.54) is 99.4 Å². The van der Waals surface area contributed by atoms with E-state index in [1.54, 1.807) is 0 Å². The number of benzene rings is 12. The van der Waals surface area contributed by atoms with Gasteiger partial charge in [-0.2, -0.15) is 0 Å². The molecule has 16 rings (SSSR count). The van der Waals surface area contributed by atoms with Gasteiger partial charge in [0.25, 0.3) is 0 Å². The standard InChI is InChI=1S/C73H47N3/c1-2-17-48(18-3-1)49-33-35-52(36-34-49)56-19-5-11-28-67(56)74(53-41-37-50(38-42-53)51-39-43-54(44-40-51)75-68-29-12-6-21-59(68)60-22-7-13-30-69(60)75)55-45-46-58-57-20-4-9-25-63(57)73(66(58)47-55)64-26-10-15-32-71(64)76-70-31-14-8-23-61(70)62-24-16-27-65(73)72(62)76/h1-47H. The summed E-state index contributed by atoms with van der Waals surface area (Å²) in [5, 5.41) is 5.08. The molecule has 0 bridgehead atoms. The molecule has 3 heterocycles. The Bertz CT molecular complexity index is 4560. The first-order chi connectivity index (χ1) is 37.7. The van der Waals surface area contributed by atoms with Gasteiger partial charge in [0.05, 0.1) is 38.9 Å². The van der Waals surface area contributed by atoms with E-state index < -0.39 is 5.41 Å². The summed E-state index contributed by atoms with van der Waals surface area (Å²) in [7, 11) is 0. The molecule has 3 nitrogen and oxygen atoms in total. The largest absolute Gasteiger partial charge is 0.310 e. The van der Waals surface area contributed by atoms with Crippen LogP contribution in [0.5, 0.6) is 0 Å². The lowest BCUT2D eigenvalue weighted by Gasteiger charge is -2.40. The van der Waals surface area contributed by atoms with E-state index >= 15 is 0 Å². The monoisotopic (exact) mass is 965 g/mol. The highest BCUT2D eigenvalue weighted by atomic mass is 15.1. The first-order valence-electron chi connectivity index (χ1n) is 26.3. The van der Waals surface area contributed by atoms with Gasteiger partial charge in [-0.25, -0.2) is 0 Å². The summed E-state index contributed by atoms with van der Waals surface area (Å²) in [5.74, 6) is 0. The molecule has 2 aromatic heterocycles. The van der Waals surface area contributed by atoms with Crippen LogP contribution in [0.15, 0.2) is 285 Å². The highest BCUT2D eigenvalue weighted by molar-refractivity contribution is 6.13. The van der Waals surface area contributed by atoms with Gasteiger partial charge in [0.15, 0.2) is 0 Å². The van der Waals surface area contributed by atoms with Gasteiger partial charge in [-0.3, -0.25) is 0 Å². The number of anilines is 3. The molecule has 76 heavy (non-hydrogen) atoms. The topological polar surface area (TPSA) is 13.1 Å². The maximum absolute atomic E-state index is 2.52. The Morgan fingerprint density at radius 2 is 0.750 bits per heavy atom. The van der Waals surface area contributed by atoms with Gasteiger partial charge in [-0.05, 0) is 128 Å². The summed E-state index contributed by atoms with van der Waals surface area (Å²) < 4.78 is 4.91. The molecule has 0 radical (unpaired) electrons. The van der Waals surface area contributed by atoms with Crippen LogP contribution >= 0.6 is 0 Å². The van der Waals surface area contributed by atoms with Crippen LogP contribution in [0.25, 0.3) is 99.5 Å². The zero-order valence-electron chi connectivity index (χ0n) is 41.5. The van der Waals surface area contributed by atoms with E-state index in [0.717, 1.165) is 39.4 Å². The minimum absolute atomic E-state index is 0.587. The number of rotatable bonds is 7. The number of aromatic nitrogens is 2. The normalized spacial score (nSPS) is 14.1. The Morgan fingerprint density at radius 3 is 1.46 bits per heavy atom. The van der Waals surface area contributed by atoms with Crippen molar-refractivity contribution in [2.24, 2.45) is 0 Å². The van der Waals surface area contributed by atoms with E-state index in [4.69, 9.17) is 0 Å². The number of fused-ring (bicyclic) bond motifs is 15. The average Bonchev–Trinajstić information content (AvgIpc) is 4.33. The van der Waals surface area contributed by atoms with Crippen LogP contribution in [0.3, 0.4) is 0 Å². The number of hydrogen-bond acceptors (Lipinski definition) is 1. The molecule has 2 aliphatic rings. The minimum atomic E-state index is -0.587. The lowest BCUT2D eigenvalue weighted by atomic mass is 9.65. The van der Waals surface area contributed by atoms with Crippen molar-refractivity contribution in [3.8, 4) is 55.9 Å². The molecular formula is C73H47N3. The number of nitrogens with zero attached hydrogens (tertiary/aromatic N) is 3. The fourth-order valence-electron chi connectivity index (χ4n) is 13.3. The van der Waals surface area contributed by atoms with Crippen molar-refractivity contribution in [1.82, 2.24) is 9.13 Å². The molecule has 1 aliphatic carbocycles. The van der Waals surface area contributed by atoms with Crippen molar-refractivity contribution in [3.63, 3.8) is 0 Å². The maximum atomic E-state index is 2.52. The third-order valence-electron chi connectivity index (χ3n) is 16.5. The quantitative estimate of drug-likeness (QED) is 0.155. The van der Waals surface area contributed by atoms with Gasteiger partial charge in [0, 0.05) is 44.2 Å². The van der Waals surface area contributed by atoms with E-state index in [2.05, 4.69) is 299 Å². The van der Waals surface area contributed by atoms with E-state index in [0.29, 0.717) is 0 Å². The zero-order valence-corrected chi connectivity index (χ0v) is 41.5. The Kier molecular flexibility index (Phi) is 9.25. The van der Waals surface area contributed by atoms with Crippen LogP contribution in [0.4, 0.5) is 17.1 Å². The first-order valence-corrected chi connectivity index (χ1v) is 26.3. The molecular weight excluding hydrogens is 919 g/mol. The second-order valence-corrected chi connectivity index (χ2v) is 20.4. The van der Waals surface area contributed by atoms with Crippen molar-refractivity contribution in [1.29, 1.82) is 0 Å². The van der Waals surface area contributed by atoms with Crippen molar-refractivity contribution in [3.05, 3.63) is 307 Å². The molecule has 0 fully saturated rings. The highest BCUT2D eigenvalue weighted by Crippen LogP contribution is 2.62. The van der Waals surface area contributed by atoms with Gasteiger partial charge >= 0.3 is 0 Å². The fourth-order valence-corrected chi connectivity index (χ4v) is 13.3. The molecule has 0 saturated heterocycles. The van der Waals surface area contributed by atoms with Crippen LogP contribution in [0.2, 0.25) is 0 Å². The lowest BCUT2D eigenvalue weighted by Crippen LogP contribution is -2.33. The van der Waals surface area contributed by atoms with Crippen molar-refractivity contribution in [2.45, 2.75) is 5.41 Å². The van der Waals surface area contributed by atoms with Crippen LogP contribution in [-0.4, -0.2) is 9.13 Å². The van der Waals surface area contributed by atoms with Crippen LogP contribution in [-0.2, 0) is 5.41 Å². The molecule has 0 saturated carbocycles. The van der Waals surface area contributed by atoms with E-state index in [1.807, 2.05) is 0 Å². The van der Waals surface area contributed by atoms with Crippen LogP contribution < -0.4 is 4.90 Å². The third kappa shape index (κ3) is 6.05. The highest BCUT2D eigenvalue weighted by Gasteiger charge is 2.51. The molecule has 354 valence electrons. The van der Waals surface area contributed by atoms with E-state index in [9.17, 15) is 0 Å². The minimum Gasteiger partial charge on any atom is -0.310 e. The van der Waals surface area contributed by atoms with Gasteiger partial charge in [-0.1, -0.05) is 218 Å². The molecule has 1 unspecified atom stereocenters. The smallest absolute Gasteiger partial charge is 0.0755 e. The van der Waals surface area contributed by atoms with Crippen molar-refractivity contribution >= 4 is 60.7 Å².